The monoisotopic (exact) mass is 431 g/mol. The van der Waals surface area contributed by atoms with Crippen molar-refractivity contribution in [1.29, 1.82) is 0 Å². The maximum absolute atomic E-state index is 5.33. The molecule has 1 aliphatic heterocycles. The Morgan fingerprint density at radius 3 is 1.50 bits per heavy atom. The number of hydrogen-bond donors (Lipinski definition) is 0. The second-order valence-electron chi connectivity index (χ2n) is 8.50. The van der Waals surface area contributed by atoms with Crippen LogP contribution in [0.5, 0.6) is 11.5 Å². The summed E-state index contributed by atoms with van der Waals surface area (Å²) in [4.78, 5) is 7.27. The van der Waals surface area contributed by atoms with Crippen LogP contribution in [0.1, 0.15) is 22.9 Å². The number of methoxy groups -OCH3 is 2. The van der Waals surface area contributed by atoms with E-state index >= 15 is 0 Å². The first-order valence-corrected chi connectivity index (χ1v) is 11.1. The molecule has 168 valence electrons. The molecule has 0 spiro atoms. The Bertz CT molecular complexity index is 927. The predicted octanol–water partition coefficient (Wildman–Crippen LogP) is 4.79. The molecule has 0 N–H and O–H groups in total. The zero-order chi connectivity index (χ0) is 22.5. The smallest absolute Gasteiger partial charge is 0.118 e. The highest BCUT2D eigenvalue weighted by atomic mass is 16.5. The van der Waals surface area contributed by atoms with Crippen LogP contribution in [0.15, 0.2) is 72.8 Å². The number of benzene rings is 3. The summed E-state index contributed by atoms with van der Waals surface area (Å²) in [5.74, 6) is 1.79. The molecule has 3 aromatic carbocycles. The maximum Gasteiger partial charge on any atom is 0.118 e. The van der Waals surface area contributed by atoms with Crippen LogP contribution in [0.4, 0.5) is 5.69 Å². The van der Waals surface area contributed by atoms with Gasteiger partial charge in [0.05, 0.1) is 20.4 Å². The van der Waals surface area contributed by atoms with E-state index in [0.29, 0.717) is 0 Å². The maximum atomic E-state index is 5.33. The van der Waals surface area contributed by atoms with Crippen LogP contribution in [0.25, 0.3) is 0 Å². The summed E-state index contributed by atoms with van der Waals surface area (Å²) in [6.45, 7) is 3.87. The van der Waals surface area contributed by atoms with Gasteiger partial charge in [-0.15, -0.1) is 0 Å². The van der Waals surface area contributed by atoms with E-state index in [-0.39, 0.29) is 6.17 Å². The van der Waals surface area contributed by atoms with Gasteiger partial charge in [-0.1, -0.05) is 36.4 Å². The summed E-state index contributed by atoms with van der Waals surface area (Å²) in [5, 5.41) is 0. The first-order valence-electron chi connectivity index (χ1n) is 11.1. The molecule has 4 rings (SSSR count). The van der Waals surface area contributed by atoms with Gasteiger partial charge in [0.25, 0.3) is 0 Å². The molecule has 1 saturated heterocycles. The van der Waals surface area contributed by atoms with Crippen molar-refractivity contribution in [2.24, 2.45) is 0 Å². The standard InChI is InChI=1S/C27H33N3O2/c1-28(2)24-11-9-23(10-12-24)27-29(19-21-5-13-25(31-3)14-6-21)17-18-30(27)20-22-7-15-26(32-4)16-8-22/h5-16,27H,17-20H2,1-4H3. The quantitative estimate of drug-likeness (QED) is 0.512. The second-order valence-corrected chi connectivity index (χ2v) is 8.50. The van der Waals surface area contributed by atoms with Crippen LogP contribution < -0.4 is 14.4 Å². The van der Waals surface area contributed by atoms with Gasteiger partial charge in [0.1, 0.15) is 11.5 Å². The van der Waals surface area contributed by atoms with E-state index in [1.54, 1.807) is 14.2 Å². The highest BCUT2D eigenvalue weighted by molar-refractivity contribution is 5.46. The first kappa shape index (κ1) is 22.2. The lowest BCUT2D eigenvalue weighted by atomic mass is 10.1. The van der Waals surface area contributed by atoms with Crippen LogP contribution in [0, 0.1) is 0 Å². The van der Waals surface area contributed by atoms with E-state index in [4.69, 9.17) is 9.47 Å². The normalized spacial score (nSPS) is 15.1. The van der Waals surface area contributed by atoms with Crippen LogP contribution in [-0.2, 0) is 13.1 Å². The molecule has 1 aliphatic rings. The summed E-state index contributed by atoms with van der Waals surface area (Å²) in [5.41, 5.74) is 5.14. The van der Waals surface area contributed by atoms with Gasteiger partial charge in [0, 0.05) is 46.0 Å². The Balaban J connectivity index is 1.58. The van der Waals surface area contributed by atoms with Gasteiger partial charge in [-0.25, -0.2) is 0 Å². The van der Waals surface area contributed by atoms with E-state index in [1.807, 2.05) is 24.3 Å². The van der Waals surface area contributed by atoms with Crippen molar-refractivity contribution < 1.29 is 9.47 Å². The summed E-state index contributed by atoms with van der Waals surface area (Å²) in [7, 11) is 7.58. The van der Waals surface area contributed by atoms with Crippen molar-refractivity contribution in [3.63, 3.8) is 0 Å². The molecular formula is C27H33N3O2. The van der Waals surface area contributed by atoms with Gasteiger partial charge in [0.2, 0.25) is 0 Å². The van der Waals surface area contributed by atoms with Crippen molar-refractivity contribution in [1.82, 2.24) is 9.80 Å². The molecule has 0 amide bonds. The summed E-state index contributed by atoms with van der Waals surface area (Å²) >= 11 is 0. The van der Waals surface area contributed by atoms with Crippen LogP contribution in [-0.4, -0.2) is 51.2 Å². The molecule has 1 heterocycles. The van der Waals surface area contributed by atoms with Crippen molar-refractivity contribution >= 4 is 5.69 Å². The molecule has 0 atom stereocenters. The number of ether oxygens (including phenoxy) is 2. The molecule has 0 saturated carbocycles. The third-order valence-corrected chi connectivity index (χ3v) is 6.16. The van der Waals surface area contributed by atoms with Gasteiger partial charge in [0.15, 0.2) is 0 Å². The molecule has 3 aromatic rings. The molecule has 32 heavy (non-hydrogen) atoms. The van der Waals surface area contributed by atoms with Gasteiger partial charge < -0.3 is 14.4 Å². The lowest BCUT2D eigenvalue weighted by Gasteiger charge is -2.31. The minimum Gasteiger partial charge on any atom is -0.497 e. The van der Waals surface area contributed by atoms with Crippen LogP contribution >= 0.6 is 0 Å². The second kappa shape index (κ2) is 10.1. The summed E-state index contributed by atoms with van der Waals surface area (Å²) in [6, 6.07) is 25.8. The first-order chi connectivity index (χ1) is 15.6. The molecule has 0 radical (unpaired) electrons. The number of nitrogens with zero attached hydrogens (tertiary/aromatic N) is 3. The average Bonchev–Trinajstić information content (AvgIpc) is 3.21. The molecule has 1 fully saturated rings. The zero-order valence-electron chi connectivity index (χ0n) is 19.5. The highest BCUT2D eigenvalue weighted by Gasteiger charge is 2.33. The van der Waals surface area contributed by atoms with Crippen molar-refractivity contribution in [2.75, 3.05) is 46.3 Å². The fraction of sp³-hybridized carbons (Fsp3) is 0.333. The number of hydrogen-bond acceptors (Lipinski definition) is 5. The minimum atomic E-state index is 0.232. The minimum absolute atomic E-state index is 0.232. The zero-order valence-corrected chi connectivity index (χ0v) is 19.5. The van der Waals surface area contributed by atoms with E-state index in [1.165, 1.54) is 22.4 Å². The van der Waals surface area contributed by atoms with Gasteiger partial charge >= 0.3 is 0 Å². The third kappa shape index (κ3) is 5.06. The molecule has 5 nitrogen and oxygen atoms in total. The largest absolute Gasteiger partial charge is 0.497 e. The Morgan fingerprint density at radius 1 is 0.688 bits per heavy atom. The summed E-state index contributed by atoms with van der Waals surface area (Å²) in [6.07, 6.45) is 0.232. The Kier molecular flexibility index (Phi) is 6.98. The van der Waals surface area contributed by atoms with E-state index in [2.05, 4.69) is 77.3 Å². The lowest BCUT2D eigenvalue weighted by molar-refractivity contribution is 0.126. The van der Waals surface area contributed by atoms with Crippen LogP contribution in [0.2, 0.25) is 0 Å². The average molecular weight is 432 g/mol. The van der Waals surface area contributed by atoms with E-state index in [0.717, 1.165) is 37.7 Å². The Morgan fingerprint density at radius 2 is 1.12 bits per heavy atom. The molecule has 5 heteroatoms. The predicted molar refractivity (Wildman–Crippen MR) is 130 cm³/mol. The Labute approximate surface area is 191 Å². The van der Waals surface area contributed by atoms with Crippen molar-refractivity contribution in [2.45, 2.75) is 19.3 Å². The molecule has 0 aliphatic carbocycles. The SMILES string of the molecule is COc1ccc(CN2CCN(Cc3ccc(OC)cc3)C2c2ccc(N(C)C)cc2)cc1. The van der Waals surface area contributed by atoms with Crippen LogP contribution in [0.3, 0.4) is 0 Å². The fourth-order valence-electron chi connectivity index (χ4n) is 4.36. The van der Waals surface area contributed by atoms with Gasteiger partial charge in [-0.05, 0) is 53.1 Å². The Hall–Kier alpha value is -3.02. The molecule has 0 aromatic heterocycles. The third-order valence-electron chi connectivity index (χ3n) is 6.16. The van der Waals surface area contributed by atoms with Crippen molar-refractivity contribution in [3.8, 4) is 11.5 Å². The van der Waals surface area contributed by atoms with Gasteiger partial charge in [-0.2, -0.15) is 0 Å². The number of anilines is 1. The fourth-order valence-corrected chi connectivity index (χ4v) is 4.36. The molecule has 0 unspecified atom stereocenters. The van der Waals surface area contributed by atoms with Gasteiger partial charge in [-0.3, -0.25) is 9.80 Å². The van der Waals surface area contributed by atoms with E-state index < -0.39 is 0 Å². The molecule has 0 bridgehead atoms. The lowest BCUT2D eigenvalue weighted by Crippen LogP contribution is -2.30. The highest BCUT2D eigenvalue weighted by Crippen LogP contribution is 2.34. The topological polar surface area (TPSA) is 28.2 Å². The molecular weight excluding hydrogens is 398 g/mol. The number of rotatable bonds is 8. The van der Waals surface area contributed by atoms with E-state index in [9.17, 15) is 0 Å². The van der Waals surface area contributed by atoms with Crippen molar-refractivity contribution in [3.05, 3.63) is 89.5 Å². The summed E-state index contributed by atoms with van der Waals surface area (Å²) < 4.78 is 10.7.